The highest BCUT2D eigenvalue weighted by Crippen LogP contribution is 2.25. The standard InChI is InChI=1S/C16H13ClN2O6/c17-11-5-1-2-6-12(11)18-15(20)9-25-16(21)10-24-14-8-4-3-7-13(14)19(22)23/h1-8H,9-10H2,(H,18,20). The van der Waals surface area contributed by atoms with E-state index in [4.69, 9.17) is 21.1 Å². The van der Waals surface area contributed by atoms with Gasteiger partial charge in [-0.1, -0.05) is 35.9 Å². The fraction of sp³-hybridized carbons (Fsp3) is 0.125. The third-order valence-corrected chi connectivity index (χ3v) is 3.25. The lowest BCUT2D eigenvalue weighted by Crippen LogP contribution is -2.23. The summed E-state index contributed by atoms with van der Waals surface area (Å²) in [6.45, 7) is -1.10. The fourth-order valence-electron chi connectivity index (χ4n) is 1.80. The molecular formula is C16H13ClN2O6. The number of anilines is 1. The molecule has 0 radical (unpaired) electrons. The molecule has 0 fully saturated rings. The predicted octanol–water partition coefficient (Wildman–Crippen LogP) is 2.81. The summed E-state index contributed by atoms with van der Waals surface area (Å²) in [5.41, 5.74) is 0.119. The minimum Gasteiger partial charge on any atom is -0.475 e. The average Bonchev–Trinajstić information content (AvgIpc) is 2.60. The van der Waals surface area contributed by atoms with Gasteiger partial charge in [0.15, 0.2) is 19.0 Å². The number of rotatable bonds is 7. The molecule has 1 amide bonds. The molecule has 0 unspecified atom stereocenters. The van der Waals surface area contributed by atoms with Crippen molar-refractivity contribution in [2.75, 3.05) is 18.5 Å². The summed E-state index contributed by atoms with van der Waals surface area (Å²) in [5, 5.41) is 13.7. The Morgan fingerprint density at radius 2 is 1.76 bits per heavy atom. The third kappa shape index (κ3) is 5.47. The van der Waals surface area contributed by atoms with E-state index in [0.717, 1.165) is 0 Å². The number of carbonyl (C=O) groups excluding carboxylic acids is 2. The van der Waals surface area contributed by atoms with Crippen molar-refractivity contribution in [2.45, 2.75) is 0 Å². The van der Waals surface area contributed by atoms with Crippen LogP contribution in [-0.4, -0.2) is 30.0 Å². The molecule has 9 heteroatoms. The summed E-state index contributed by atoms with van der Waals surface area (Å²) in [6.07, 6.45) is 0. The third-order valence-electron chi connectivity index (χ3n) is 2.92. The molecule has 1 N–H and O–H groups in total. The van der Waals surface area contributed by atoms with Crippen LogP contribution in [0.25, 0.3) is 0 Å². The SMILES string of the molecule is O=C(COC(=O)COc1ccccc1[N+](=O)[O-])Nc1ccccc1Cl. The molecule has 2 aromatic rings. The number of nitrogens with zero attached hydrogens (tertiary/aromatic N) is 1. The normalized spacial score (nSPS) is 9.96. The Bertz CT molecular complexity index is 796. The van der Waals surface area contributed by atoms with Gasteiger partial charge in [-0.15, -0.1) is 0 Å². The number of hydrogen-bond acceptors (Lipinski definition) is 6. The summed E-state index contributed by atoms with van der Waals surface area (Å²) in [6, 6.07) is 12.2. The highest BCUT2D eigenvalue weighted by molar-refractivity contribution is 6.33. The van der Waals surface area contributed by atoms with E-state index < -0.39 is 30.0 Å². The number of nitrogens with one attached hydrogen (secondary N) is 1. The van der Waals surface area contributed by atoms with Crippen LogP contribution in [0, 0.1) is 10.1 Å². The molecule has 0 bridgehead atoms. The zero-order valence-corrected chi connectivity index (χ0v) is 13.6. The van der Waals surface area contributed by atoms with Gasteiger partial charge in [-0.3, -0.25) is 14.9 Å². The predicted molar refractivity (Wildman–Crippen MR) is 89.6 cm³/mol. The first kappa shape index (κ1) is 18.2. The number of benzene rings is 2. The van der Waals surface area contributed by atoms with Gasteiger partial charge >= 0.3 is 11.7 Å². The van der Waals surface area contributed by atoms with E-state index in [1.165, 1.54) is 24.3 Å². The van der Waals surface area contributed by atoms with Gasteiger partial charge in [0.1, 0.15) is 0 Å². The summed E-state index contributed by atoms with van der Waals surface area (Å²) in [5.74, 6) is -1.48. The van der Waals surface area contributed by atoms with Crippen LogP contribution in [0.5, 0.6) is 5.75 Å². The van der Waals surface area contributed by atoms with Crippen molar-refractivity contribution in [3.8, 4) is 5.75 Å². The van der Waals surface area contributed by atoms with Crippen molar-refractivity contribution in [3.05, 3.63) is 63.7 Å². The molecule has 0 saturated carbocycles. The van der Waals surface area contributed by atoms with Gasteiger partial charge in [0, 0.05) is 6.07 Å². The van der Waals surface area contributed by atoms with Gasteiger partial charge in [-0.2, -0.15) is 0 Å². The topological polar surface area (TPSA) is 108 Å². The Kier molecular flexibility index (Phi) is 6.30. The van der Waals surface area contributed by atoms with Crippen LogP contribution in [0.3, 0.4) is 0 Å². The van der Waals surface area contributed by atoms with E-state index in [-0.39, 0.29) is 11.4 Å². The molecule has 0 aliphatic rings. The van der Waals surface area contributed by atoms with Crippen LogP contribution < -0.4 is 10.1 Å². The Labute approximate surface area is 147 Å². The van der Waals surface area contributed by atoms with Crippen molar-refractivity contribution in [1.29, 1.82) is 0 Å². The van der Waals surface area contributed by atoms with Crippen LogP contribution in [0.2, 0.25) is 5.02 Å². The van der Waals surface area contributed by atoms with Crippen molar-refractivity contribution in [3.63, 3.8) is 0 Å². The summed E-state index contributed by atoms with van der Waals surface area (Å²) in [7, 11) is 0. The van der Waals surface area contributed by atoms with E-state index in [1.807, 2.05) is 0 Å². The summed E-state index contributed by atoms with van der Waals surface area (Å²) >= 11 is 5.89. The molecule has 0 spiro atoms. The van der Waals surface area contributed by atoms with Gasteiger partial charge < -0.3 is 14.8 Å². The number of para-hydroxylation sites is 3. The molecular weight excluding hydrogens is 352 g/mol. The lowest BCUT2D eigenvalue weighted by atomic mass is 10.3. The van der Waals surface area contributed by atoms with E-state index in [2.05, 4.69) is 5.32 Å². The second kappa shape index (κ2) is 8.65. The van der Waals surface area contributed by atoms with Gasteiger partial charge in [-0.25, -0.2) is 4.79 Å². The van der Waals surface area contributed by atoms with Gasteiger partial charge in [-0.05, 0) is 18.2 Å². The average molecular weight is 365 g/mol. The van der Waals surface area contributed by atoms with Crippen molar-refractivity contribution >= 4 is 34.9 Å². The molecule has 0 aliphatic carbocycles. The maximum absolute atomic E-state index is 11.7. The maximum Gasteiger partial charge on any atom is 0.344 e. The summed E-state index contributed by atoms with van der Waals surface area (Å²) in [4.78, 5) is 33.5. The largest absolute Gasteiger partial charge is 0.475 e. The number of esters is 1. The Balaban J connectivity index is 1.80. The molecule has 0 atom stereocenters. The van der Waals surface area contributed by atoms with Crippen LogP contribution in [-0.2, 0) is 14.3 Å². The minimum atomic E-state index is -0.840. The second-order valence-corrected chi connectivity index (χ2v) is 5.11. The van der Waals surface area contributed by atoms with Crippen LogP contribution in [0.4, 0.5) is 11.4 Å². The molecule has 0 saturated heterocycles. The lowest BCUT2D eigenvalue weighted by molar-refractivity contribution is -0.385. The first-order valence-corrected chi connectivity index (χ1v) is 7.41. The molecule has 8 nitrogen and oxygen atoms in total. The first-order chi connectivity index (χ1) is 12.0. The van der Waals surface area contributed by atoms with Gasteiger partial charge in [0.2, 0.25) is 0 Å². The quantitative estimate of drug-likeness (QED) is 0.460. The number of nitro benzene ring substituents is 1. The highest BCUT2D eigenvalue weighted by atomic mass is 35.5. The first-order valence-electron chi connectivity index (χ1n) is 7.03. The molecule has 0 aromatic heterocycles. The Hall–Kier alpha value is -3.13. The smallest absolute Gasteiger partial charge is 0.344 e. The van der Waals surface area contributed by atoms with Crippen molar-refractivity contribution in [1.82, 2.24) is 0 Å². The molecule has 25 heavy (non-hydrogen) atoms. The number of amides is 1. The second-order valence-electron chi connectivity index (χ2n) is 4.70. The van der Waals surface area contributed by atoms with E-state index in [9.17, 15) is 19.7 Å². The zero-order valence-electron chi connectivity index (χ0n) is 12.8. The number of hydrogen-bond donors (Lipinski definition) is 1. The summed E-state index contributed by atoms with van der Waals surface area (Å²) < 4.78 is 9.81. The van der Waals surface area contributed by atoms with Gasteiger partial charge in [0.25, 0.3) is 5.91 Å². The van der Waals surface area contributed by atoms with E-state index in [1.54, 1.807) is 24.3 Å². The fourth-order valence-corrected chi connectivity index (χ4v) is 1.99. The molecule has 2 rings (SSSR count). The molecule has 130 valence electrons. The number of ether oxygens (including phenoxy) is 2. The monoisotopic (exact) mass is 364 g/mol. The maximum atomic E-state index is 11.7. The Morgan fingerprint density at radius 3 is 2.48 bits per heavy atom. The molecule has 0 heterocycles. The number of carbonyl (C=O) groups is 2. The molecule has 2 aromatic carbocycles. The highest BCUT2D eigenvalue weighted by Gasteiger charge is 2.16. The molecule has 0 aliphatic heterocycles. The number of nitro groups is 1. The van der Waals surface area contributed by atoms with Gasteiger partial charge in [0.05, 0.1) is 15.6 Å². The van der Waals surface area contributed by atoms with Crippen molar-refractivity contribution in [2.24, 2.45) is 0 Å². The minimum absolute atomic E-state index is 0.0648. The van der Waals surface area contributed by atoms with E-state index in [0.29, 0.717) is 10.7 Å². The lowest BCUT2D eigenvalue weighted by Gasteiger charge is -2.09. The van der Waals surface area contributed by atoms with E-state index >= 15 is 0 Å². The van der Waals surface area contributed by atoms with Crippen LogP contribution >= 0.6 is 11.6 Å². The van der Waals surface area contributed by atoms with Crippen LogP contribution in [0.15, 0.2) is 48.5 Å². The Morgan fingerprint density at radius 1 is 1.08 bits per heavy atom. The van der Waals surface area contributed by atoms with Crippen LogP contribution in [0.1, 0.15) is 0 Å². The number of halogens is 1. The van der Waals surface area contributed by atoms with Crippen molar-refractivity contribution < 1.29 is 24.0 Å². The zero-order chi connectivity index (χ0) is 18.2.